The van der Waals surface area contributed by atoms with Gasteiger partial charge in [-0.2, -0.15) is 0 Å². The van der Waals surface area contributed by atoms with Crippen molar-refractivity contribution in [3.8, 4) is 0 Å². The number of carbonyl (C=O) groups is 3. The zero-order valence-electron chi connectivity index (χ0n) is 20.5. The van der Waals surface area contributed by atoms with Crippen LogP contribution in [-0.4, -0.2) is 49.4 Å². The lowest BCUT2D eigenvalue weighted by atomic mass is 9.73. The van der Waals surface area contributed by atoms with Gasteiger partial charge in [0.05, 0.1) is 28.8 Å². The van der Waals surface area contributed by atoms with E-state index in [4.69, 9.17) is 46.4 Å². The molecule has 2 aromatic carbocycles. The molecule has 3 N–H and O–H groups in total. The van der Waals surface area contributed by atoms with Gasteiger partial charge in [-0.05, 0) is 48.6 Å². The molecule has 1 spiro atoms. The van der Waals surface area contributed by atoms with Crippen LogP contribution in [0.5, 0.6) is 0 Å². The molecule has 5 unspecified atom stereocenters. The van der Waals surface area contributed by atoms with Crippen molar-refractivity contribution in [1.82, 2.24) is 9.62 Å². The van der Waals surface area contributed by atoms with Crippen molar-refractivity contribution < 1.29 is 22.8 Å². The van der Waals surface area contributed by atoms with E-state index >= 15 is 0 Å². The Morgan fingerprint density at radius 1 is 1.00 bits per heavy atom. The molecule has 0 radical (unpaired) electrons. The molecule has 6 atom stereocenters. The molecule has 4 aliphatic rings. The highest BCUT2D eigenvalue weighted by Crippen LogP contribution is 2.70. The zero-order chi connectivity index (χ0) is 28.2. The van der Waals surface area contributed by atoms with Gasteiger partial charge in [0.25, 0.3) is 5.91 Å². The molecule has 1 aliphatic carbocycles. The van der Waals surface area contributed by atoms with Crippen LogP contribution in [0.15, 0.2) is 30.3 Å². The number of benzene rings is 2. The predicted octanol–water partition coefficient (Wildman–Crippen LogP) is 4.26. The number of nitrogens with zero attached hydrogens (tertiary/aromatic N) is 1. The van der Waals surface area contributed by atoms with E-state index in [1.165, 1.54) is 24.3 Å². The Morgan fingerprint density at radius 3 is 2.28 bits per heavy atom. The van der Waals surface area contributed by atoms with E-state index in [0.717, 1.165) is 12.7 Å². The summed E-state index contributed by atoms with van der Waals surface area (Å²) in [5, 5.41) is 6.56. The second-order valence-electron chi connectivity index (χ2n) is 11.0. The van der Waals surface area contributed by atoms with Crippen molar-refractivity contribution >= 4 is 85.5 Å². The van der Waals surface area contributed by atoms with Crippen LogP contribution in [0.1, 0.15) is 25.3 Å². The molecule has 3 amide bonds. The van der Waals surface area contributed by atoms with Crippen LogP contribution >= 0.6 is 46.4 Å². The summed E-state index contributed by atoms with van der Waals surface area (Å²) < 4.78 is 26.5. The SMILES string of the molecule is C[C@]12CC3C(C(=O)Nc4cc(Cl)cc(Cl)c4)C(C(=O)NS(C)(=O)=O)C4(C(=O)Nc5c(Cl)cc(Cl)cc54)N3C1C2. The number of anilines is 2. The van der Waals surface area contributed by atoms with Gasteiger partial charge >= 0.3 is 0 Å². The Hall–Kier alpha value is -2.08. The van der Waals surface area contributed by atoms with Gasteiger partial charge in [0.1, 0.15) is 5.54 Å². The highest BCUT2D eigenvalue weighted by Gasteiger charge is 2.79. The van der Waals surface area contributed by atoms with Crippen LogP contribution in [0.4, 0.5) is 11.4 Å². The largest absolute Gasteiger partial charge is 0.326 e. The molecule has 39 heavy (non-hydrogen) atoms. The minimum absolute atomic E-state index is 0.121. The highest BCUT2D eigenvalue weighted by atomic mass is 35.5. The number of halogens is 4. The first-order valence-corrected chi connectivity index (χ1v) is 15.4. The molecule has 14 heteroatoms. The molecule has 2 aromatic rings. The minimum atomic E-state index is -4.04. The quantitative estimate of drug-likeness (QED) is 0.463. The van der Waals surface area contributed by atoms with Crippen molar-refractivity contribution in [2.24, 2.45) is 17.3 Å². The monoisotopic (exact) mass is 630 g/mol. The van der Waals surface area contributed by atoms with Gasteiger partial charge in [-0.3, -0.25) is 24.0 Å². The molecular weight excluding hydrogens is 610 g/mol. The Balaban J connectivity index is 1.56. The maximum absolute atomic E-state index is 14.1. The molecule has 206 valence electrons. The predicted molar refractivity (Wildman–Crippen MR) is 149 cm³/mol. The summed E-state index contributed by atoms with van der Waals surface area (Å²) in [6.45, 7) is 2.07. The van der Waals surface area contributed by atoms with Crippen LogP contribution in [0, 0.1) is 17.3 Å². The Morgan fingerprint density at radius 2 is 1.64 bits per heavy atom. The first-order valence-electron chi connectivity index (χ1n) is 12.0. The fourth-order valence-corrected chi connectivity index (χ4v) is 8.53. The number of hydrogen-bond donors (Lipinski definition) is 3. The third-order valence-electron chi connectivity index (χ3n) is 8.36. The molecule has 3 heterocycles. The summed E-state index contributed by atoms with van der Waals surface area (Å²) in [4.78, 5) is 43.9. The van der Waals surface area contributed by atoms with Crippen LogP contribution in [0.2, 0.25) is 20.1 Å². The van der Waals surface area contributed by atoms with Crippen molar-refractivity contribution in [3.05, 3.63) is 56.0 Å². The maximum Gasteiger partial charge on any atom is 0.250 e. The Kier molecular flexibility index (Phi) is 6.05. The molecule has 1 saturated carbocycles. The van der Waals surface area contributed by atoms with E-state index < -0.39 is 51.2 Å². The summed E-state index contributed by atoms with van der Waals surface area (Å²) in [6.07, 6.45) is 2.11. The van der Waals surface area contributed by atoms with E-state index in [-0.39, 0.29) is 37.2 Å². The minimum Gasteiger partial charge on any atom is -0.326 e. The van der Waals surface area contributed by atoms with E-state index in [9.17, 15) is 22.8 Å². The second-order valence-corrected chi connectivity index (χ2v) is 14.4. The number of amides is 3. The van der Waals surface area contributed by atoms with Crippen LogP contribution in [0.25, 0.3) is 0 Å². The smallest absolute Gasteiger partial charge is 0.250 e. The van der Waals surface area contributed by atoms with E-state index in [0.29, 0.717) is 17.7 Å². The van der Waals surface area contributed by atoms with Gasteiger partial charge in [-0.15, -0.1) is 0 Å². The fourth-order valence-electron chi connectivity index (χ4n) is 6.97. The van der Waals surface area contributed by atoms with E-state index in [1.54, 1.807) is 6.07 Å². The van der Waals surface area contributed by atoms with Crippen molar-refractivity contribution in [1.29, 1.82) is 0 Å². The lowest BCUT2D eigenvalue weighted by Crippen LogP contribution is -2.56. The third-order valence-corrected chi connectivity index (χ3v) is 9.88. The average molecular weight is 632 g/mol. The summed E-state index contributed by atoms with van der Waals surface area (Å²) in [5.74, 6) is -4.68. The number of fused-ring (bicyclic) bond motifs is 6. The summed E-state index contributed by atoms with van der Waals surface area (Å²) >= 11 is 25.1. The third kappa shape index (κ3) is 4.06. The van der Waals surface area contributed by atoms with Crippen LogP contribution < -0.4 is 15.4 Å². The summed E-state index contributed by atoms with van der Waals surface area (Å²) in [6, 6.07) is 6.85. The van der Waals surface area contributed by atoms with Gasteiger partial charge in [-0.25, -0.2) is 8.42 Å². The van der Waals surface area contributed by atoms with Gasteiger partial charge in [0.2, 0.25) is 21.8 Å². The molecule has 3 fully saturated rings. The molecule has 6 rings (SSSR count). The van der Waals surface area contributed by atoms with Gasteiger partial charge in [0.15, 0.2) is 0 Å². The summed E-state index contributed by atoms with van der Waals surface area (Å²) in [5.41, 5.74) is -1.00. The van der Waals surface area contributed by atoms with Crippen LogP contribution in [-0.2, 0) is 29.9 Å². The Labute approximate surface area is 244 Å². The Bertz CT molecular complexity index is 1580. The average Bonchev–Trinajstić information content (AvgIpc) is 3.06. The molecule has 0 bridgehead atoms. The topological polar surface area (TPSA) is 125 Å². The zero-order valence-corrected chi connectivity index (χ0v) is 24.4. The number of carbonyl (C=O) groups excluding carboxylic acids is 3. The lowest BCUT2D eigenvalue weighted by molar-refractivity contribution is -0.139. The van der Waals surface area contributed by atoms with Crippen molar-refractivity contribution in [3.63, 3.8) is 0 Å². The fraction of sp³-hybridized carbons (Fsp3) is 0.400. The van der Waals surface area contributed by atoms with Gasteiger partial charge in [-0.1, -0.05) is 53.3 Å². The lowest BCUT2D eigenvalue weighted by Gasteiger charge is -2.37. The van der Waals surface area contributed by atoms with Crippen molar-refractivity contribution in [2.75, 3.05) is 16.9 Å². The molecule has 2 saturated heterocycles. The van der Waals surface area contributed by atoms with Gasteiger partial charge in [0, 0.05) is 38.4 Å². The number of sulfonamides is 1. The number of rotatable bonds is 4. The summed E-state index contributed by atoms with van der Waals surface area (Å²) in [7, 11) is -4.04. The maximum atomic E-state index is 14.1. The number of nitrogens with one attached hydrogen (secondary N) is 3. The van der Waals surface area contributed by atoms with E-state index in [1.807, 2.05) is 9.62 Å². The van der Waals surface area contributed by atoms with Crippen LogP contribution in [0.3, 0.4) is 0 Å². The first kappa shape index (κ1) is 27.1. The molecule has 0 aromatic heterocycles. The normalized spacial score (nSPS) is 32.4. The first-order chi connectivity index (χ1) is 18.2. The molecule has 9 nitrogen and oxygen atoms in total. The standard InChI is InChI=1S/C25H22Cl4N4O5S/c1-24-8-16-18(21(34)30-13-4-10(26)3-11(27)5-13)19(22(35)32-39(2,37)38)25(33(16)17(24)9-24)14-6-12(28)7-15(29)20(14)31-23(25)36/h3-7,16-19H,8-9H2,1-2H3,(H,30,34)(H,31,36)(H,32,35)/t16?,17?,18?,19?,24-,25?/m1/s1. The number of hydrogen-bond acceptors (Lipinski definition) is 6. The van der Waals surface area contributed by atoms with E-state index in [2.05, 4.69) is 17.6 Å². The number of piperidine rings is 1. The van der Waals surface area contributed by atoms with Gasteiger partial charge < -0.3 is 10.6 Å². The molecular formula is C25H22Cl4N4O5S. The van der Waals surface area contributed by atoms with Crippen molar-refractivity contribution in [2.45, 2.75) is 37.4 Å². The molecule has 3 aliphatic heterocycles. The highest BCUT2D eigenvalue weighted by molar-refractivity contribution is 7.89. The second kappa shape index (κ2) is 8.71.